The van der Waals surface area contributed by atoms with E-state index in [0.29, 0.717) is 0 Å². The van der Waals surface area contributed by atoms with Gasteiger partial charge >= 0.3 is 0 Å². The molecule has 2 heteroatoms. The summed E-state index contributed by atoms with van der Waals surface area (Å²) in [6.07, 6.45) is 24.2. The average molecular weight is 421 g/mol. The molecule has 0 fully saturated rings. The van der Waals surface area contributed by atoms with Crippen LogP contribution >= 0.6 is 20.6 Å². The molecule has 0 spiro atoms. The van der Waals surface area contributed by atoms with E-state index in [-0.39, 0.29) is 0 Å². The van der Waals surface area contributed by atoms with Gasteiger partial charge in [0.05, 0.1) is 0 Å². The third kappa shape index (κ3) is 21.3. The third-order valence-electron chi connectivity index (χ3n) is 4.26. The minimum absolute atomic E-state index is 0.826. The lowest BCUT2D eigenvalue weighted by atomic mass is 10.0. The number of thioether (sulfide) groups is 1. The zero-order valence-corrected chi connectivity index (χ0v) is 20.8. The van der Waals surface area contributed by atoms with Crippen molar-refractivity contribution in [2.45, 2.75) is 97.2 Å². The number of hydrogen-bond donors (Lipinski definition) is 0. The molecule has 0 bridgehead atoms. The van der Waals surface area contributed by atoms with E-state index in [2.05, 4.69) is 86.5 Å². The average Bonchev–Trinajstić information content (AvgIpc) is 2.76. The summed E-state index contributed by atoms with van der Waals surface area (Å²) in [5, 5.41) is 2.79. The van der Waals surface area contributed by atoms with Gasteiger partial charge in [0.15, 0.2) is 0 Å². The zero-order chi connectivity index (χ0) is 22.0. The molecule has 0 heterocycles. The standard InChI is InChI=1S/C14H22.C9H18S.C2H2.CH3P/c1-3-5-6-7-8-14-11-9-13(4-2)10-12-14;1-4-7-9(8-5-2)10-6-3;2*1-2/h9-12H,3-8H2,1-2H3;6,9H,3-5,7-8H2,1-2H3;1-2H;2H,1H2. The van der Waals surface area contributed by atoms with Gasteiger partial charge in [-0.25, -0.2) is 0 Å². The van der Waals surface area contributed by atoms with Gasteiger partial charge in [0, 0.05) is 5.25 Å². The fourth-order valence-corrected chi connectivity index (χ4v) is 3.77. The zero-order valence-electron chi connectivity index (χ0n) is 19.0. The predicted octanol–water partition coefficient (Wildman–Crippen LogP) is 9.01. The number of rotatable bonds is 12. The van der Waals surface area contributed by atoms with Crippen LogP contribution in [0.4, 0.5) is 0 Å². The molecule has 0 aliphatic rings. The summed E-state index contributed by atoms with van der Waals surface area (Å²) in [6.45, 7) is 12.7. The summed E-state index contributed by atoms with van der Waals surface area (Å²) in [7, 11) is 2.72. The van der Waals surface area contributed by atoms with Crippen LogP contribution in [0.1, 0.15) is 90.2 Å². The van der Waals surface area contributed by atoms with E-state index in [0.717, 1.165) is 11.7 Å². The van der Waals surface area contributed by atoms with Crippen LogP contribution in [0.2, 0.25) is 0 Å². The summed E-state index contributed by atoms with van der Waals surface area (Å²) in [6, 6.07) is 9.08. The van der Waals surface area contributed by atoms with Gasteiger partial charge in [0.1, 0.15) is 0 Å². The first-order chi connectivity index (χ1) is 13.7. The monoisotopic (exact) mass is 420 g/mol. The van der Waals surface area contributed by atoms with E-state index in [1.807, 2.05) is 17.2 Å². The second kappa shape index (κ2) is 28.3. The smallest absolute Gasteiger partial charge is 0.00880 e. The Bertz CT molecular complexity index is 429. The van der Waals surface area contributed by atoms with E-state index in [9.17, 15) is 0 Å². The van der Waals surface area contributed by atoms with E-state index in [1.165, 1.54) is 68.9 Å². The van der Waals surface area contributed by atoms with Gasteiger partial charge < -0.3 is 0 Å². The third-order valence-corrected chi connectivity index (χ3v) is 5.31. The van der Waals surface area contributed by atoms with E-state index in [1.54, 1.807) is 0 Å². The predicted molar refractivity (Wildman–Crippen MR) is 140 cm³/mol. The van der Waals surface area contributed by atoms with Crippen LogP contribution in [-0.4, -0.2) is 11.5 Å². The maximum atomic E-state index is 4.00. The quantitative estimate of drug-likeness (QED) is 0.185. The molecule has 0 aromatic heterocycles. The second-order valence-corrected chi connectivity index (χ2v) is 7.75. The highest BCUT2D eigenvalue weighted by Gasteiger charge is 2.03. The molecular weight excluding hydrogens is 375 g/mol. The van der Waals surface area contributed by atoms with Crippen molar-refractivity contribution in [3.8, 4) is 12.8 Å². The van der Waals surface area contributed by atoms with Gasteiger partial charge in [-0.05, 0) is 48.6 Å². The minimum Gasteiger partial charge on any atom is -0.131 e. The van der Waals surface area contributed by atoms with Crippen LogP contribution in [0, 0.1) is 12.8 Å². The maximum Gasteiger partial charge on any atom is 0.00880 e. The van der Waals surface area contributed by atoms with Crippen molar-refractivity contribution in [1.29, 1.82) is 0 Å². The summed E-state index contributed by atoms with van der Waals surface area (Å²) in [5.74, 6) is 0. The van der Waals surface area contributed by atoms with Crippen molar-refractivity contribution in [2.75, 3.05) is 0 Å². The van der Waals surface area contributed by atoms with Crippen molar-refractivity contribution in [2.24, 2.45) is 0 Å². The normalized spacial score (nSPS) is 9.11. The lowest BCUT2D eigenvalue weighted by Crippen LogP contribution is -1.99. The Hall–Kier alpha value is -0.960. The van der Waals surface area contributed by atoms with Crippen molar-refractivity contribution >= 4 is 26.9 Å². The summed E-state index contributed by atoms with van der Waals surface area (Å²) < 4.78 is 0. The number of aryl methyl sites for hydroxylation is 2. The van der Waals surface area contributed by atoms with Gasteiger partial charge in [-0.15, -0.1) is 33.5 Å². The van der Waals surface area contributed by atoms with Gasteiger partial charge in [0.25, 0.3) is 0 Å². The summed E-state index contributed by atoms with van der Waals surface area (Å²) >= 11 is 1.89. The largest absolute Gasteiger partial charge is 0.131 e. The number of terminal acetylenes is 1. The Morgan fingerprint density at radius 2 is 1.36 bits per heavy atom. The van der Waals surface area contributed by atoms with Crippen LogP contribution in [0.3, 0.4) is 0 Å². The van der Waals surface area contributed by atoms with Crippen LogP contribution in [0.25, 0.3) is 0 Å². The van der Waals surface area contributed by atoms with E-state index in [4.69, 9.17) is 0 Å². The van der Waals surface area contributed by atoms with Crippen molar-refractivity contribution in [1.82, 2.24) is 0 Å². The Morgan fingerprint density at radius 1 is 0.857 bits per heavy atom. The molecule has 0 amide bonds. The Kier molecular flexibility index (Phi) is 32.0. The van der Waals surface area contributed by atoms with Crippen molar-refractivity contribution in [3.63, 3.8) is 0 Å². The lowest BCUT2D eigenvalue weighted by molar-refractivity contribution is 0.667. The number of unbranched alkanes of at least 4 members (excludes halogenated alkanes) is 3. The van der Waals surface area contributed by atoms with E-state index < -0.39 is 0 Å². The van der Waals surface area contributed by atoms with Crippen LogP contribution in [0.5, 0.6) is 0 Å². The fraction of sp³-hybridized carbons (Fsp3) is 0.577. The van der Waals surface area contributed by atoms with Crippen molar-refractivity contribution < 1.29 is 0 Å². The number of benzene rings is 1. The molecule has 0 saturated carbocycles. The van der Waals surface area contributed by atoms with Gasteiger partial charge in [0.2, 0.25) is 0 Å². The van der Waals surface area contributed by atoms with Crippen LogP contribution in [0.15, 0.2) is 36.3 Å². The Labute approximate surface area is 184 Å². The van der Waals surface area contributed by atoms with Crippen molar-refractivity contribution in [3.05, 3.63) is 47.4 Å². The first-order valence-corrected chi connectivity index (χ1v) is 12.4. The molecule has 0 atom stereocenters. The first-order valence-electron chi connectivity index (χ1n) is 10.7. The van der Waals surface area contributed by atoms with Gasteiger partial charge in [-0.3, -0.25) is 0 Å². The molecular formula is C26H45PS. The topological polar surface area (TPSA) is 0 Å². The van der Waals surface area contributed by atoms with Gasteiger partial charge in [-0.1, -0.05) is 96.9 Å². The summed E-state index contributed by atoms with van der Waals surface area (Å²) in [5.41, 5.74) is 2.95. The highest BCUT2D eigenvalue weighted by atomic mass is 32.2. The molecule has 1 rings (SSSR count). The van der Waals surface area contributed by atoms with Gasteiger partial charge in [-0.2, -0.15) is 0 Å². The lowest BCUT2D eigenvalue weighted by Gasteiger charge is -2.10. The second-order valence-electron chi connectivity index (χ2n) is 6.48. The van der Waals surface area contributed by atoms with E-state index >= 15 is 0 Å². The summed E-state index contributed by atoms with van der Waals surface area (Å²) in [4.78, 5) is 0. The molecule has 0 N–H and O–H groups in total. The molecule has 1 aromatic rings. The molecule has 160 valence electrons. The highest BCUT2D eigenvalue weighted by Crippen LogP contribution is 2.21. The molecule has 0 unspecified atom stereocenters. The molecule has 0 aliphatic heterocycles. The molecule has 0 saturated heterocycles. The first kappa shape index (κ1) is 31.7. The van der Waals surface area contributed by atoms with Crippen LogP contribution in [-0.2, 0) is 12.8 Å². The Morgan fingerprint density at radius 3 is 1.75 bits per heavy atom. The maximum absolute atomic E-state index is 4.00. The fourth-order valence-electron chi connectivity index (χ4n) is 2.76. The molecule has 0 aliphatic carbocycles. The molecule has 28 heavy (non-hydrogen) atoms. The Balaban J connectivity index is -0.000000394. The SMILES string of the molecule is C#C.C=CSC(CCC)CCC.C=P.CCCCCCc1ccc(CC)cc1. The molecule has 0 nitrogen and oxygen atoms in total. The molecule has 1 aromatic carbocycles. The van der Waals surface area contributed by atoms with Crippen LogP contribution < -0.4 is 0 Å². The minimum atomic E-state index is 0.826. The molecule has 0 radical (unpaired) electrons. The number of hydrogen-bond acceptors (Lipinski definition) is 1. The highest BCUT2D eigenvalue weighted by molar-refractivity contribution is 8.02.